The molecule has 0 radical (unpaired) electrons. The number of fused-ring (bicyclic) bond motifs is 11. The van der Waals surface area contributed by atoms with Crippen molar-refractivity contribution in [2.75, 3.05) is 4.90 Å². The highest BCUT2D eigenvalue weighted by atomic mass is 32.1. The van der Waals surface area contributed by atoms with Crippen LogP contribution >= 0.6 is 56.7 Å². The highest BCUT2D eigenvalue weighted by Gasteiger charge is 2.55. The summed E-state index contributed by atoms with van der Waals surface area (Å²) in [6, 6.07) is 30.2. The fraction of sp³-hybridized carbons (Fsp3) is 0.268. The van der Waals surface area contributed by atoms with Gasteiger partial charge in [-0.3, -0.25) is 0 Å². The Morgan fingerprint density at radius 2 is 1.50 bits per heavy atom. The number of ether oxygens (including phenoxy) is 1. The molecular formula is C41H32N2O2S5. The Bertz CT molecular complexity index is 2530. The second kappa shape index (κ2) is 11.4. The molecule has 5 aromatic heterocycles. The Kier molecular flexibility index (Phi) is 7.04. The zero-order valence-electron chi connectivity index (χ0n) is 27.7. The van der Waals surface area contributed by atoms with Crippen LogP contribution in [0.1, 0.15) is 56.4 Å². The van der Waals surface area contributed by atoms with Gasteiger partial charge in [-0.25, -0.2) is 4.79 Å². The molecule has 248 valence electrons. The first kappa shape index (κ1) is 31.0. The van der Waals surface area contributed by atoms with Crippen LogP contribution in [-0.2, 0) is 9.53 Å². The lowest BCUT2D eigenvalue weighted by atomic mass is 9.82. The topological polar surface area (TPSA) is 53.3 Å². The van der Waals surface area contributed by atoms with E-state index in [2.05, 4.69) is 77.7 Å². The standard InChI is InChI=1S/C41H32N2O2S5/c1-41(2,3)45-40(44)24(20-42)15-26-16-30-31(46-26)18-32(47-30)33-19-35-39(50-33)38-34(48-35)17-29(49-38)21-10-12-25(13-11-21)43-28-7-5-4-6-27(28)36-22-8-9-23(14-22)37(36)43/h4-7,10-13,15-19,22-23,36-37H,8-9,14H2,1-3H3/b24-15+/t22-,23?,36?,37?/m0/s1. The molecule has 0 spiro atoms. The van der Waals surface area contributed by atoms with Crippen molar-refractivity contribution in [3.8, 4) is 26.3 Å². The minimum atomic E-state index is -0.645. The second-order valence-electron chi connectivity index (χ2n) is 14.7. The summed E-state index contributed by atoms with van der Waals surface area (Å²) in [5.41, 5.74) is 4.99. The molecule has 50 heavy (non-hydrogen) atoms. The zero-order chi connectivity index (χ0) is 33.9. The summed E-state index contributed by atoms with van der Waals surface area (Å²) in [5.74, 6) is 1.78. The van der Waals surface area contributed by atoms with E-state index >= 15 is 0 Å². The van der Waals surface area contributed by atoms with Crippen LogP contribution in [0.15, 0.2) is 78.4 Å². The van der Waals surface area contributed by atoms with Gasteiger partial charge in [0, 0.05) is 61.6 Å². The number of para-hydroxylation sites is 1. The molecule has 4 atom stereocenters. The SMILES string of the molecule is CC(C)(C)OC(=O)/C(C#N)=C/c1cc2sc(-c3cc4sc5cc(-c6ccc(N7c8ccccc8C8C7C7CC[C@H]8C7)cc6)sc5c4s3)cc2s1. The fourth-order valence-corrected chi connectivity index (χ4v) is 15.0. The number of benzene rings is 2. The lowest BCUT2D eigenvalue weighted by molar-refractivity contribution is -0.149. The van der Waals surface area contributed by atoms with E-state index in [9.17, 15) is 10.1 Å². The zero-order valence-corrected chi connectivity index (χ0v) is 31.8. The van der Waals surface area contributed by atoms with Crippen LogP contribution in [0.25, 0.3) is 54.5 Å². The number of nitriles is 1. The normalized spacial score (nSPS) is 21.4. The number of hydrogen-bond acceptors (Lipinski definition) is 9. The predicted molar refractivity (Wildman–Crippen MR) is 215 cm³/mol. The third-order valence-corrected chi connectivity index (χ3v) is 16.7. The van der Waals surface area contributed by atoms with Crippen LogP contribution in [0.5, 0.6) is 0 Å². The Morgan fingerprint density at radius 3 is 2.26 bits per heavy atom. The molecule has 0 N–H and O–H groups in total. The summed E-state index contributed by atoms with van der Waals surface area (Å²) in [7, 11) is 0. The van der Waals surface area contributed by atoms with Crippen molar-refractivity contribution in [3.63, 3.8) is 0 Å². The first-order chi connectivity index (χ1) is 24.2. The molecular weight excluding hydrogens is 713 g/mol. The number of rotatable bonds is 5. The van der Waals surface area contributed by atoms with E-state index < -0.39 is 11.6 Å². The summed E-state index contributed by atoms with van der Waals surface area (Å²) in [4.78, 5) is 19.9. The molecule has 10 rings (SSSR count). The van der Waals surface area contributed by atoms with Gasteiger partial charge in [0.15, 0.2) is 0 Å². The maximum absolute atomic E-state index is 12.5. The molecule has 9 heteroatoms. The number of carbonyl (C=O) groups excluding carboxylic acids is 1. The van der Waals surface area contributed by atoms with Gasteiger partial charge in [0.05, 0.1) is 9.40 Å². The van der Waals surface area contributed by atoms with Crippen LogP contribution in [-0.4, -0.2) is 17.6 Å². The van der Waals surface area contributed by atoms with E-state index in [0.29, 0.717) is 12.0 Å². The van der Waals surface area contributed by atoms with Gasteiger partial charge in [-0.15, -0.1) is 56.7 Å². The van der Waals surface area contributed by atoms with Crippen molar-refractivity contribution in [3.05, 3.63) is 88.8 Å². The molecule has 2 saturated carbocycles. The van der Waals surface area contributed by atoms with Crippen molar-refractivity contribution in [1.82, 2.24) is 0 Å². The molecule has 0 saturated heterocycles. The number of thiophene rings is 5. The average molecular weight is 745 g/mol. The lowest BCUT2D eigenvalue weighted by Crippen LogP contribution is -2.35. The van der Waals surface area contributed by atoms with Crippen LogP contribution in [0, 0.1) is 23.2 Å². The summed E-state index contributed by atoms with van der Waals surface area (Å²) >= 11 is 9.05. The molecule has 3 aliphatic rings. The Balaban J connectivity index is 0.912. The minimum Gasteiger partial charge on any atom is -0.456 e. The summed E-state index contributed by atoms with van der Waals surface area (Å²) < 4.78 is 13.2. The highest BCUT2D eigenvalue weighted by molar-refractivity contribution is 7.41. The smallest absolute Gasteiger partial charge is 0.349 e. The summed E-state index contributed by atoms with van der Waals surface area (Å²) in [5, 5.41) is 9.58. The number of nitrogens with zero attached hydrogens (tertiary/aromatic N) is 2. The second-order valence-corrected chi connectivity index (χ2v) is 20.1. The first-order valence-corrected chi connectivity index (χ1v) is 21.1. The maximum atomic E-state index is 12.5. The Labute approximate surface area is 310 Å². The van der Waals surface area contributed by atoms with Crippen molar-refractivity contribution >= 4 is 108 Å². The van der Waals surface area contributed by atoms with Gasteiger partial charge in [-0.2, -0.15) is 5.26 Å². The number of anilines is 2. The van der Waals surface area contributed by atoms with Crippen LogP contribution < -0.4 is 4.90 Å². The van der Waals surface area contributed by atoms with E-state index in [4.69, 9.17) is 4.74 Å². The average Bonchev–Trinajstić information content (AvgIpc) is 3.92. The third-order valence-electron chi connectivity index (χ3n) is 10.5. The van der Waals surface area contributed by atoms with Crippen molar-refractivity contribution in [2.24, 2.45) is 11.8 Å². The molecule has 2 aliphatic carbocycles. The quantitative estimate of drug-likeness (QED) is 0.100. The van der Waals surface area contributed by atoms with Crippen LogP contribution in [0.2, 0.25) is 0 Å². The summed E-state index contributed by atoms with van der Waals surface area (Å²) in [6.07, 6.45) is 5.82. The largest absolute Gasteiger partial charge is 0.456 e. The van der Waals surface area contributed by atoms with Gasteiger partial charge in [0.1, 0.15) is 17.2 Å². The fourth-order valence-electron chi connectivity index (χ4n) is 8.58. The van der Waals surface area contributed by atoms with E-state index in [1.54, 1.807) is 55.1 Å². The van der Waals surface area contributed by atoms with E-state index in [1.807, 2.05) is 40.1 Å². The molecule has 2 bridgehead atoms. The van der Waals surface area contributed by atoms with Gasteiger partial charge in [-0.1, -0.05) is 30.3 Å². The van der Waals surface area contributed by atoms with Crippen molar-refractivity contribution < 1.29 is 9.53 Å². The Morgan fingerprint density at radius 1 is 0.820 bits per heavy atom. The van der Waals surface area contributed by atoms with Crippen LogP contribution in [0.4, 0.5) is 11.4 Å². The number of hydrogen-bond donors (Lipinski definition) is 0. The molecule has 4 nitrogen and oxygen atoms in total. The van der Waals surface area contributed by atoms with Gasteiger partial charge in [0.2, 0.25) is 0 Å². The first-order valence-electron chi connectivity index (χ1n) is 17.0. The number of esters is 1. The van der Waals surface area contributed by atoms with Crippen molar-refractivity contribution in [1.29, 1.82) is 5.26 Å². The molecule has 3 unspecified atom stereocenters. The van der Waals surface area contributed by atoms with E-state index in [1.165, 1.54) is 69.6 Å². The molecule has 0 amide bonds. The van der Waals surface area contributed by atoms with E-state index in [0.717, 1.165) is 26.1 Å². The Hall–Kier alpha value is -3.78. The van der Waals surface area contributed by atoms with E-state index in [-0.39, 0.29) is 5.57 Å². The summed E-state index contributed by atoms with van der Waals surface area (Å²) in [6.45, 7) is 5.41. The van der Waals surface area contributed by atoms with Gasteiger partial charge in [-0.05, 0) is 112 Å². The lowest BCUT2D eigenvalue weighted by Gasteiger charge is -2.33. The minimum absolute atomic E-state index is 0.0223. The predicted octanol–water partition coefficient (Wildman–Crippen LogP) is 13.1. The molecule has 2 aromatic carbocycles. The van der Waals surface area contributed by atoms with Crippen LogP contribution in [0.3, 0.4) is 0 Å². The highest BCUT2D eigenvalue weighted by Crippen LogP contribution is 2.62. The van der Waals surface area contributed by atoms with Crippen molar-refractivity contribution in [2.45, 2.75) is 57.6 Å². The molecule has 1 aliphatic heterocycles. The maximum Gasteiger partial charge on any atom is 0.349 e. The molecule has 6 heterocycles. The van der Waals surface area contributed by atoms with Gasteiger partial charge >= 0.3 is 5.97 Å². The monoisotopic (exact) mass is 744 g/mol. The molecule has 2 fully saturated rings. The molecule has 7 aromatic rings. The van der Waals surface area contributed by atoms with Gasteiger partial charge in [0.25, 0.3) is 0 Å². The van der Waals surface area contributed by atoms with Gasteiger partial charge < -0.3 is 9.64 Å². The number of carbonyl (C=O) groups is 1. The third kappa shape index (κ3) is 4.95.